The van der Waals surface area contributed by atoms with Crippen molar-refractivity contribution in [2.75, 3.05) is 23.3 Å². The number of aromatic nitrogens is 1. The Morgan fingerprint density at radius 3 is 3.10 bits per heavy atom. The number of hydrogen-bond acceptors (Lipinski definition) is 4. The van der Waals surface area contributed by atoms with Gasteiger partial charge in [0.05, 0.1) is 6.54 Å². The van der Waals surface area contributed by atoms with Crippen molar-refractivity contribution < 1.29 is 13.7 Å². The predicted octanol–water partition coefficient (Wildman–Crippen LogP) is 2.51. The first kappa shape index (κ1) is 13.6. The standard InChI is InChI=1S/C15H16FN3O2/c1-10-7-14(18-21-10)17-15(20)9-19-6-2-3-11-8-12(16)4-5-13(11)19/h4-5,7-8H,2-3,6,9H2,1H3,(H,17,18,20). The highest BCUT2D eigenvalue weighted by Gasteiger charge is 2.20. The second-order valence-electron chi connectivity index (χ2n) is 5.17. The molecule has 5 nitrogen and oxygen atoms in total. The summed E-state index contributed by atoms with van der Waals surface area (Å²) in [6.07, 6.45) is 1.75. The number of carbonyl (C=O) groups excluding carboxylic acids is 1. The number of nitrogens with zero attached hydrogens (tertiary/aromatic N) is 2. The van der Waals surface area contributed by atoms with Gasteiger partial charge in [-0.25, -0.2) is 4.39 Å². The third-order valence-electron chi connectivity index (χ3n) is 3.49. The molecule has 0 radical (unpaired) electrons. The summed E-state index contributed by atoms with van der Waals surface area (Å²) in [7, 11) is 0. The fourth-order valence-electron chi connectivity index (χ4n) is 2.59. The molecular formula is C15H16FN3O2. The fraction of sp³-hybridized carbons (Fsp3) is 0.333. The van der Waals surface area contributed by atoms with Gasteiger partial charge in [-0.3, -0.25) is 4.79 Å². The quantitative estimate of drug-likeness (QED) is 0.943. The number of amides is 1. The zero-order chi connectivity index (χ0) is 14.8. The third-order valence-corrected chi connectivity index (χ3v) is 3.49. The number of nitrogens with one attached hydrogen (secondary N) is 1. The lowest BCUT2D eigenvalue weighted by molar-refractivity contribution is -0.115. The zero-order valence-corrected chi connectivity index (χ0v) is 11.7. The SMILES string of the molecule is Cc1cc(NC(=O)CN2CCCc3cc(F)ccc32)no1. The summed E-state index contributed by atoms with van der Waals surface area (Å²) < 4.78 is 18.2. The van der Waals surface area contributed by atoms with Crippen LogP contribution in [0.2, 0.25) is 0 Å². The number of anilines is 2. The Bertz CT molecular complexity index is 669. The molecule has 2 aromatic rings. The van der Waals surface area contributed by atoms with Gasteiger partial charge in [-0.1, -0.05) is 5.16 Å². The topological polar surface area (TPSA) is 58.4 Å². The Morgan fingerprint density at radius 2 is 2.33 bits per heavy atom. The predicted molar refractivity (Wildman–Crippen MR) is 76.8 cm³/mol. The van der Waals surface area contributed by atoms with Crippen LogP contribution in [0.25, 0.3) is 0 Å². The van der Waals surface area contributed by atoms with Gasteiger partial charge in [0.15, 0.2) is 5.82 Å². The van der Waals surface area contributed by atoms with E-state index in [4.69, 9.17) is 4.52 Å². The highest BCUT2D eigenvalue weighted by molar-refractivity contribution is 5.93. The molecule has 0 atom stereocenters. The van der Waals surface area contributed by atoms with Gasteiger partial charge in [0, 0.05) is 18.3 Å². The molecule has 1 aromatic heterocycles. The highest BCUT2D eigenvalue weighted by Crippen LogP contribution is 2.27. The monoisotopic (exact) mass is 289 g/mol. The van der Waals surface area contributed by atoms with Crippen molar-refractivity contribution in [2.24, 2.45) is 0 Å². The van der Waals surface area contributed by atoms with E-state index in [1.165, 1.54) is 6.07 Å². The summed E-state index contributed by atoms with van der Waals surface area (Å²) >= 11 is 0. The van der Waals surface area contributed by atoms with Crippen LogP contribution in [0.3, 0.4) is 0 Å². The largest absolute Gasteiger partial charge is 0.362 e. The van der Waals surface area contributed by atoms with Crippen LogP contribution in [0.4, 0.5) is 15.9 Å². The Hall–Kier alpha value is -2.37. The van der Waals surface area contributed by atoms with Crippen molar-refractivity contribution >= 4 is 17.4 Å². The molecule has 3 rings (SSSR count). The first-order valence-electron chi connectivity index (χ1n) is 6.88. The van der Waals surface area contributed by atoms with Crippen LogP contribution >= 0.6 is 0 Å². The zero-order valence-electron chi connectivity index (χ0n) is 11.7. The van der Waals surface area contributed by atoms with Gasteiger partial charge in [-0.15, -0.1) is 0 Å². The number of fused-ring (bicyclic) bond motifs is 1. The molecule has 0 unspecified atom stereocenters. The lowest BCUT2D eigenvalue weighted by Crippen LogP contribution is -2.36. The molecule has 1 aliphatic heterocycles. The van der Waals surface area contributed by atoms with Crippen LogP contribution in [-0.2, 0) is 11.2 Å². The molecule has 0 aliphatic carbocycles. The minimum atomic E-state index is -0.238. The van der Waals surface area contributed by atoms with Crippen LogP contribution < -0.4 is 10.2 Å². The molecule has 0 saturated heterocycles. The van der Waals surface area contributed by atoms with Gasteiger partial charge in [-0.2, -0.15) is 0 Å². The van der Waals surface area contributed by atoms with E-state index in [9.17, 15) is 9.18 Å². The normalized spacial score (nSPS) is 13.9. The van der Waals surface area contributed by atoms with Gasteiger partial charge >= 0.3 is 0 Å². The molecule has 2 heterocycles. The Morgan fingerprint density at radius 1 is 1.48 bits per heavy atom. The van der Waals surface area contributed by atoms with E-state index in [1.807, 2.05) is 4.90 Å². The van der Waals surface area contributed by atoms with Crippen molar-refractivity contribution in [1.82, 2.24) is 5.16 Å². The first-order valence-corrected chi connectivity index (χ1v) is 6.88. The van der Waals surface area contributed by atoms with Gasteiger partial charge < -0.3 is 14.7 Å². The van der Waals surface area contributed by atoms with E-state index < -0.39 is 0 Å². The van der Waals surface area contributed by atoms with Crippen LogP contribution in [0.1, 0.15) is 17.7 Å². The molecule has 0 saturated carbocycles. The fourth-order valence-corrected chi connectivity index (χ4v) is 2.59. The van der Waals surface area contributed by atoms with Crippen LogP contribution in [0.15, 0.2) is 28.8 Å². The van der Waals surface area contributed by atoms with E-state index in [0.29, 0.717) is 11.6 Å². The number of carbonyl (C=O) groups is 1. The molecule has 6 heteroatoms. The Labute approximate surface area is 121 Å². The molecule has 0 fully saturated rings. The molecule has 110 valence electrons. The first-order chi connectivity index (χ1) is 10.1. The summed E-state index contributed by atoms with van der Waals surface area (Å²) in [4.78, 5) is 14.0. The lowest BCUT2D eigenvalue weighted by atomic mass is 10.0. The second kappa shape index (κ2) is 5.55. The number of benzene rings is 1. The van der Waals surface area contributed by atoms with Gasteiger partial charge in [0.2, 0.25) is 5.91 Å². The van der Waals surface area contributed by atoms with E-state index in [1.54, 1.807) is 25.1 Å². The summed E-state index contributed by atoms with van der Waals surface area (Å²) in [6, 6.07) is 6.37. The van der Waals surface area contributed by atoms with Crippen molar-refractivity contribution in [3.05, 3.63) is 41.4 Å². The average Bonchev–Trinajstić information content (AvgIpc) is 2.83. The van der Waals surface area contributed by atoms with E-state index >= 15 is 0 Å². The summed E-state index contributed by atoms with van der Waals surface area (Å²) in [6.45, 7) is 2.76. The van der Waals surface area contributed by atoms with Gasteiger partial charge in [-0.05, 0) is 43.5 Å². The molecule has 0 spiro atoms. The second-order valence-corrected chi connectivity index (χ2v) is 5.17. The average molecular weight is 289 g/mol. The lowest BCUT2D eigenvalue weighted by Gasteiger charge is -2.30. The molecule has 1 amide bonds. The van der Waals surface area contributed by atoms with Gasteiger partial charge in [0.1, 0.15) is 11.6 Å². The summed E-state index contributed by atoms with van der Waals surface area (Å²) in [5.74, 6) is 0.650. The Balaban J connectivity index is 1.70. The highest BCUT2D eigenvalue weighted by atomic mass is 19.1. The van der Waals surface area contributed by atoms with Crippen LogP contribution in [0.5, 0.6) is 0 Å². The number of hydrogen-bond donors (Lipinski definition) is 1. The summed E-state index contributed by atoms with van der Waals surface area (Å²) in [5.41, 5.74) is 1.88. The number of rotatable bonds is 3. The van der Waals surface area contributed by atoms with Crippen molar-refractivity contribution in [3.8, 4) is 0 Å². The van der Waals surface area contributed by atoms with E-state index in [2.05, 4.69) is 10.5 Å². The van der Waals surface area contributed by atoms with E-state index in [0.717, 1.165) is 30.6 Å². The maximum Gasteiger partial charge on any atom is 0.245 e. The van der Waals surface area contributed by atoms with Crippen molar-refractivity contribution in [1.29, 1.82) is 0 Å². The third kappa shape index (κ3) is 3.04. The molecule has 1 aliphatic rings. The number of aryl methyl sites for hydroxylation is 2. The van der Waals surface area contributed by atoms with E-state index in [-0.39, 0.29) is 18.3 Å². The molecular weight excluding hydrogens is 273 g/mol. The number of halogens is 1. The van der Waals surface area contributed by atoms with Gasteiger partial charge in [0.25, 0.3) is 0 Å². The maximum atomic E-state index is 13.3. The maximum absolute atomic E-state index is 13.3. The van der Waals surface area contributed by atoms with Crippen molar-refractivity contribution in [3.63, 3.8) is 0 Å². The molecule has 21 heavy (non-hydrogen) atoms. The van der Waals surface area contributed by atoms with Crippen LogP contribution in [0, 0.1) is 12.7 Å². The smallest absolute Gasteiger partial charge is 0.245 e. The minimum absolute atomic E-state index is 0.166. The van der Waals surface area contributed by atoms with Crippen LogP contribution in [-0.4, -0.2) is 24.2 Å². The minimum Gasteiger partial charge on any atom is -0.362 e. The molecule has 1 aromatic carbocycles. The molecule has 1 N–H and O–H groups in total. The molecule has 0 bridgehead atoms. The Kier molecular flexibility index (Phi) is 3.60. The van der Waals surface area contributed by atoms with Crippen molar-refractivity contribution in [2.45, 2.75) is 19.8 Å². The summed E-state index contributed by atoms with van der Waals surface area (Å²) in [5, 5.41) is 6.42.